The number of benzene rings is 3. The molecule has 0 aliphatic carbocycles. The number of rotatable bonds is 6. The molecule has 0 saturated heterocycles. The van der Waals surface area contributed by atoms with Crippen molar-refractivity contribution in [3.63, 3.8) is 0 Å². The lowest BCUT2D eigenvalue weighted by Gasteiger charge is -2.14. The number of nitrogens with zero attached hydrogens (tertiary/aromatic N) is 1. The van der Waals surface area contributed by atoms with Gasteiger partial charge in [0, 0.05) is 24.1 Å². The van der Waals surface area contributed by atoms with Crippen molar-refractivity contribution in [3.8, 4) is 11.5 Å². The highest BCUT2D eigenvalue weighted by Gasteiger charge is 2.12. The molecule has 0 heterocycles. The molecule has 1 N–H and O–H groups in total. The van der Waals surface area contributed by atoms with E-state index < -0.39 is 4.92 Å². The molecule has 3 aromatic carbocycles. The van der Waals surface area contributed by atoms with Gasteiger partial charge in [-0.3, -0.25) is 10.1 Å². The smallest absolute Gasteiger partial charge is 0.271 e. The minimum atomic E-state index is -0.423. The van der Waals surface area contributed by atoms with Crippen LogP contribution in [0.2, 0.25) is 0 Å². The molecular weight excluding hydrogens is 320 g/mol. The van der Waals surface area contributed by atoms with Gasteiger partial charge in [-0.15, -0.1) is 0 Å². The lowest BCUT2D eigenvalue weighted by molar-refractivity contribution is -0.384. The van der Waals surface area contributed by atoms with Crippen LogP contribution in [0.3, 0.4) is 0 Å². The Labute approximate surface area is 145 Å². The van der Waals surface area contributed by atoms with Crippen molar-refractivity contribution >= 4 is 22.1 Å². The number of ether oxygens (including phenoxy) is 2. The first-order chi connectivity index (χ1) is 12.1. The van der Waals surface area contributed by atoms with Crippen molar-refractivity contribution in [2.45, 2.75) is 6.54 Å². The maximum atomic E-state index is 11.0. The third kappa shape index (κ3) is 3.33. The molecule has 3 aromatic rings. The quantitative estimate of drug-likeness (QED) is 0.533. The first-order valence-electron chi connectivity index (χ1n) is 7.75. The van der Waals surface area contributed by atoms with E-state index in [9.17, 15) is 10.1 Å². The zero-order valence-corrected chi connectivity index (χ0v) is 14.0. The molecule has 0 aromatic heterocycles. The van der Waals surface area contributed by atoms with Crippen molar-refractivity contribution in [1.82, 2.24) is 0 Å². The number of non-ortho nitro benzene ring substituents is 1. The van der Waals surface area contributed by atoms with E-state index in [1.54, 1.807) is 13.2 Å². The number of nitro groups is 1. The van der Waals surface area contributed by atoms with E-state index in [0.29, 0.717) is 18.0 Å². The van der Waals surface area contributed by atoms with Crippen LogP contribution < -0.4 is 14.8 Å². The molecule has 6 nitrogen and oxygen atoms in total. The highest BCUT2D eigenvalue weighted by molar-refractivity contribution is 5.91. The molecule has 0 aliphatic rings. The van der Waals surface area contributed by atoms with Crippen LogP contribution in [-0.4, -0.2) is 19.1 Å². The number of methoxy groups -OCH3 is 2. The van der Waals surface area contributed by atoms with E-state index >= 15 is 0 Å². The van der Waals surface area contributed by atoms with Gasteiger partial charge >= 0.3 is 0 Å². The summed E-state index contributed by atoms with van der Waals surface area (Å²) in [5.74, 6) is 1.37. The topological polar surface area (TPSA) is 73.6 Å². The molecule has 128 valence electrons. The molecule has 6 heteroatoms. The van der Waals surface area contributed by atoms with Gasteiger partial charge in [0.15, 0.2) is 0 Å². The second-order valence-corrected chi connectivity index (χ2v) is 5.47. The standard InChI is InChI=1S/C19H18N2O4/c1-24-18-9-7-13(15-5-3-4-6-16(15)18)12-20-17-11-14(21(22)23)8-10-19(17)25-2/h3-11,20H,12H2,1-2H3. The van der Waals surface area contributed by atoms with Gasteiger partial charge in [-0.05, 0) is 23.1 Å². The average molecular weight is 338 g/mol. The zero-order valence-electron chi connectivity index (χ0n) is 14.0. The summed E-state index contributed by atoms with van der Waals surface area (Å²) < 4.78 is 10.7. The van der Waals surface area contributed by atoms with E-state index in [2.05, 4.69) is 5.32 Å². The second kappa shape index (κ2) is 7.09. The summed E-state index contributed by atoms with van der Waals surface area (Å²) in [7, 11) is 3.18. The lowest BCUT2D eigenvalue weighted by atomic mass is 10.0. The minimum Gasteiger partial charge on any atom is -0.496 e. The predicted molar refractivity (Wildman–Crippen MR) is 97.5 cm³/mol. The highest BCUT2D eigenvalue weighted by Crippen LogP contribution is 2.32. The normalized spacial score (nSPS) is 10.5. The monoisotopic (exact) mass is 338 g/mol. The van der Waals surface area contributed by atoms with Crippen LogP contribution in [-0.2, 0) is 6.54 Å². The number of nitrogens with one attached hydrogen (secondary N) is 1. The molecule has 0 unspecified atom stereocenters. The fourth-order valence-electron chi connectivity index (χ4n) is 2.80. The van der Waals surface area contributed by atoms with E-state index in [-0.39, 0.29) is 5.69 Å². The lowest BCUT2D eigenvalue weighted by Crippen LogP contribution is -2.03. The van der Waals surface area contributed by atoms with Crippen LogP contribution in [0.4, 0.5) is 11.4 Å². The third-order valence-electron chi connectivity index (χ3n) is 4.06. The minimum absolute atomic E-state index is 0.0166. The van der Waals surface area contributed by atoms with Gasteiger partial charge < -0.3 is 14.8 Å². The number of fused-ring (bicyclic) bond motifs is 1. The molecule has 0 bridgehead atoms. The fraction of sp³-hybridized carbons (Fsp3) is 0.158. The summed E-state index contributed by atoms with van der Waals surface area (Å²) >= 11 is 0. The summed E-state index contributed by atoms with van der Waals surface area (Å²) in [6.07, 6.45) is 0. The molecule has 25 heavy (non-hydrogen) atoms. The second-order valence-electron chi connectivity index (χ2n) is 5.47. The first-order valence-corrected chi connectivity index (χ1v) is 7.75. The fourth-order valence-corrected chi connectivity index (χ4v) is 2.80. The van der Waals surface area contributed by atoms with E-state index in [1.165, 1.54) is 19.2 Å². The van der Waals surface area contributed by atoms with Crippen LogP contribution in [0.1, 0.15) is 5.56 Å². The van der Waals surface area contributed by atoms with Crippen LogP contribution in [0.5, 0.6) is 11.5 Å². The van der Waals surface area contributed by atoms with E-state index in [0.717, 1.165) is 22.1 Å². The Hall–Kier alpha value is -3.28. The summed E-state index contributed by atoms with van der Waals surface area (Å²) in [5, 5.41) is 16.3. The van der Waals surface area contributed by atoms with Crippen molar-refractivity contribution in [1.29, 1.82) is 0 Å². The van der Waals surface area contributed by atoms with Gasteiger partial charge in [0.2, 0.25) is 0 Å². The average Bonchev–Trinajstić information content (AvgIpc) is 2.65. The first kappa shape index (κ1) is 16.6. The maximum absolute atomic E-state index is 11.0. The van der Waals surface area contributed by atoms with Gasteiger partial charge in [0.1, 0.15) is 11.5 Å². The molecule has 3 rings (SSSR count). The Morgan fingerprint density at radius 2 is 1.64 bits per heavy atom. The van der Waals surface area contributed by atoms with Crippen LogP contribution in [0.25, 0.3) is 10.8 Å². The Morgan fingerprint density at radius 3 is 2.32 bits per heavy atom. The largest absolute Gasteiger partial charge is 0.496 e. The van der Waals surface area contributed by atoms with Crippen molar-refractivity contribution in [2.24, 2.45) is 0 Å². The Bertz CT molecular complexity index is 924. The summed E-state index contributed by atoms with van der Waals surface area (Å²) in [6, 6.07) is 16.4. The van der Waals surface area contributed by atoms with Crippen molar-refractivity contribution in [2.75, 3.05) is 19.5 Å². The number of hydrogen-bond donors (Lipinski definition) is 1. The Morgan fingerprint density at radius 1 is 0.960 bits per heavy atom. The highest BCUT2D eigenvalue weighted by atomic mass is 16.6. The molecule has 0 amide bonds. The molecule has 0 radical (unpaired) electrons. The SMILES string of the molecule is COc1ccc([N+](=O)[O-])cc1NCc1ccc(OC)c2ccccc12. The van der Waals surface area contributed by atoms with Crippen LogP contribution in [0.15, 0.2) is 54.6 Å². The van der Waals surface area contributed by atoms with Gasteiger partial charge in [-0.2, -0.15) is 0 Å². The molecular formula is C19H18N2O4. The molecule has 0 saturated carbocycles. The molecule has 0 spiro atoms. The number of nitro benzene ring substituents is 1. The Balaban J connectivity index is 1.93. The Kier molecular flexibility index (Phi) is 4.70. The summed E-state index contributed by atoms with van der Waals surface area (Å²) in [6.45, 7) is 0.502. The van der Waals surface area contributed by atoms with Crippen molar-refractivity contribution < 1.29 is 14.4 Å². The van der Waals surface area contributed by atoms with E-state index in [1.807, 2.05) is 36.4 Å². The number of hydrogen-bond acceptors (Lipinski definition) is 5. The van der Waals surface area contributed by atoms with Crippen LogP contribution in [0, 0.1) is 10.1 Å². The number of anilines is 1. The molecule has 0 atom stereocenters. The molecule has 0 fully saturated rings. The van der Waals surface area contributed by atoms with Gasteiger partial charge in [-0.25, -0.2) is 0 Å². The zero-order chi connectivity index (χ0) is 17.8. The van der Waals surface area contributed by atoms with Crippen molar-refractivity contribution in [3.05, 3.63) is 70.3 Å². The predicted octanol–water partition coefficient (Wildman–Crippen LogP) is 4.38. The summed E-state index contributed by atoms with van der Waals surface area (Å²) in [5.41, 5.74) is 1.66. The van der Waals surface area contributed by atoms with E-state index in [4.69, 9.17) is 9.47 Å². The van der Waals surface area contributed by atoms with Gasteiger partial charge in [0.25, 0.3) is 5.69 Å². The summed E-state index contributed by atoms with van der Waals surface area (Å²) in [4.78, 5) is 10.6. The van der Waals surface area contributed by atoms with Gasteiger partial charge in [-0.1, -0.05) is 30.3 Å². The maximum Gasteiger partial charge on any atom is 0.271 e. The molecule has 0 aliphatic heterocycles. The van der Waals surface area contributed by atoms with Crippen LogP contribution >= 0.6 is 0 Å². The van der Waals surface area contributed by atoms with Gasteiger partial charge in [0.05, 0.1) is 24.8 Å². The third-order valence-corrected chi connectivity index (χ3v) is 4.06.